The molecule has 0 spiro atoms. The van der Waals surface area contributed by atoms with Gasteiger partial charge >= 0.3 is 12.1 Å². The second kappa shape index (κ2) is 12.0. The summed E-state index contributed by atoms with van der Waals surface area (Å²) in [7, 11) is 0. The number of benzene rings is 2. The summed E-state index contributed by atoms with van der Waals surface area (Å²) in [5.41, 5.74) is -2.60. The van der Waals surface area contributed by atoms with Crippen molar-refractivity contribution in [3.63, 3.8) is 0 Å². The molecule has 1 amide bonds. The Morgan fingerprint density at radius 1 is 1.14 bits per heavy atom. The van der Waals surface area contributed by atoms with E-state index in [2.05, 4.69) is 10.3 Å². The molecule has 0 radical (unpaired) electrons. The number of ketones is 1. The summed E-state index contributed by atoms with van der Waals surface area (Å²) in [5.74, 6) is -8.75. The zero-order chi connectivity index (χ0) is 27.2. The molecule has 1 saturated carbocycles. The van der Waals surface area contributed by atoms with Gasteiger partial charge in [-0.2, -0.15) is 0 Å². The van der Waals surface area contributed by atoms with Crippen molar-refractivity contribution in [2.24, 2.45) is 10.9 Å². The molecular formula is C26H27F3N2O6. The number of hydrogen-bond donors (Lipinski definition) is 2. The second-order valence-electron chi connectivity index (χ2n) is 8.60. The lowest BCUT2D eigenvalue weighted by atomic mass is 9.94. The SMILES string of the molecule is CCOC(=O)C(C=NC(C)CO)C(=O)c1cc(F)c(C2(NC(=O)OCc3ccccc3)CC2)c(F)c1F. The van der Waals surface area contributed by atoms with E-state index < -0.39 is 70.5 Å². The number of ether oxygens (including phenoxy) is 2. The van der Waals surface area contributed by atoms with Crippen molar-refractivity contribution in [3.8, 4) is 0 Å². The molecule has 0 bridgehead atoms. The lowest BCUT2D eigenvalue weighted by Gasteiger charge is -2.21. The summed E-state index contributed by atoms with van der Waals surface area (Å²) in [4.78, 5) is 41.4. The van der Waals surface area contributed by atoms with Gasteiger partial charge < -0.3 is 19.9 Å². The third-order valence-electron chi connectivity index (χ3n) is 5.78. The van der Waals surface area contributed by atoms with Gasteiger partial charge in [-0.25, -0.2) is 18.0 Å². The Labute approximate surface area is 211 Å². The van der Waals surface area contributed by atoms with E-state index in [1.165, 1.54) is 13.8 Å². The Balaban J connectivity index is 1.85. The first-order valence-corrected chi connectivity index (χ1v) is 11.6. The van der Waals surface area contributed by atoms with Gasteiger partial charge in [-0.05, 0) is 38.3 Å². The van der Waals surface area contributed by atoms with E-state index in [1.807, 2.05) is 0 Å². The number of rotatable bonds is 11. The van der Waals surface area contributed by atoms with Crippen LogP contribution in [0.1, 0.15) is 48.2 Å². The number of alkyl carbamates (subject to hydrolysis) is 1. The third-order valence-corrected chi connectivity index (χ3v) is 5.78. The first-order valence-electron chi connectivity index (χ1n) is 11.6. The maximum atomic E-state index is 15.2. The van der Waals surface area contributed by atoms with Crippen LogP contribution in [0.15, 0.2) is 41.4 Å². The van der Waals surface area contributed by atoms with Gasteiger partial charge in [0.05, 0.1) is 35.9 Å². The van der Waals surface area contributed by atoms with Crippen molar-refractivity contribution in [1.82, 2.24) is 5.32 Å². The topological polar surface area (TPSA) is 114 Å². The fourth-order valence-electron chi connectivity index (χ4n) is 3.65. The van der Waals surface area contributed by atoms with E-state index in [0.29, 0.717) is 11.6 Å². The van der Waals surface area contributed by atoms with Crippen LogP contribution in [-0.4, -0.2) is 48.4 Å². The zero-order valence-electron chi connectivity index (χ0n) is 20.3. The van der Waals surface area contributed by atoms with Gasteiger partial charge in [0.2, 0.25) is 0 Å². The number of carbonyl (C=O) groups is 3. The van der Waals surface area contributed by atoms with Crippen molar-refractivity contribution in [1.29, 1.82) is 0 Å². The molecule has 1 aliphatic carbocycles. The van der Waals surface area contributed by atoms with Gasteiger partial charge in [0, 0.05) is 6.21 Å². The number of aliphatic hydroxyl groups excluding tert-OH is 1. The monoisotopic (exact) mass is 520 g/mol. The largest absolute Gasteiger partial charge is 0.465 e. The van der Waals surface area contributed by atoms with E-state index in [-0.39, 0.29) is 26.1 Å². The minimum atomic E-state index is -1.78. The highest BCUT2D eigenvalue weighted by Crippen LogP contribution is 2.48. The van der Waals surface area contributed by atoms with Gasteiger partial charge in [0.1, 0.15) is 12.4 Å². The molecule has 1 aliphatic rings. The third kappa shape index (κ3) is 6.53. The number of Topliss-reactive ketones (excluding diaryl/α,β-unsaturated/α-hetero) is 1. The molecule has 0 heterocycles. The standard InChI is InChI=1S/C26H27F3N2O6/c1-3-36-24(34)18(12-30-15(2)13-32)23(33)17-11-19(27)20(22(29)21(17)28)26(9-10-26)31-25(35)37-14-16-7-5-4-6-8-16/h4-8,11-12,15,18,32H,3,9-10,13-14H2,1-2H3,(H,31,35). The average molecular weight is 521 g/mol. The van der Waals surface area contributed by atoms with Gasteiger partial charge in [0.15, 0.2) is 23.3 Å². The number of nitrogens with one attached hydrogen (secondary N) is 1. The Hall–Kier alpha value is -3.73. The van der Waals surface area contributed by atoms with E-state index in [0.717, 1.165) is 6.21 Å². The summed E-state index contributed by atoms with van der Waals surface area (Å²) in [5, 5.41) is 11.5. The molecule has 198 valence electrons. The van der Waals surface area contributed by atoms with Gasteiger partial charge in [-0.15, -0.1) is 0 Å². The molecule has 2 atom stereocenters. The van der Waals surface area contributed by atoms with Crippen LogP contribution in [0.2, 0.25) is 0 Å². The van der Waals surface area contributed by atoms with Gasteiger partial charge in [-0.3, -0.25) is 14.6 Å². The number of aliphatic imine (C=N–C) groups is 1. The molecule has 2 aromatic rings. The van der Waals surface area contributed by atoms with Crippen LogP contribution in [0, 0.1) is 23.4 Å². The fourth-order valence-corrected chi connectivity index (χ4v) is 3.65. The number of amides is 1. The van der Waals surface area contributed by atoms with Crippen molar-refractivity contribution in [2.75, 3.05) is 13.2 Å². The number of aliphatic hydroxyl groups is 1. The average Bonchev–Trinajstić information content (AvgIpc) is 3.65. The minimum Gasteiger partial charge on any atom is -0.465 e. The van der Waals surface area contributed by atoms with Crippen LogP contribution < -0.4 is 5.32 Å². The predicted molar refractivity (Wildman–Crippen MR) is 126 cm³/mol. The van der Waals surface area contributed by atoms with E-state index in [1.54, 1.807) is 30.3 Å². The molecule has 11 heteroatoms. The van der Waals surface area contributed by atoms with E-state index in [9.17, 15) is 14.4 Å². The van der Waals surface area contributed by atoms with Crippen LogP contribution in [0.25, 0.3) is 0 Å². The minimum absolute atomic E-state index is 0.0821. The van der Waals surface area contributed by atoms with Crippen LogP contribution in [0.4, 0.5) is 18.0 Å². The molecule has 2 N–H and O–H groups in total. The Kier molecular flexibility index (Phi) is 9.04. The quantitative estimate of drug-likeness (QED) is 0.153. The number of carbonyl (C=O) groups excluding carboxylic acids is 3. The summed E-state index contributed by atoms with van der Waals surface area (Å²) < 4.78 is 55.3. The van der Waals surface area contributed by atoms with Crippen molar-refractivity contribution < 1.29 is 42.1 Å². The molecule has 0 aromatic heterocycles. The number of esters is 1. The molecule has 0 aliphatic heterocycles. The zero-order valence-corrected chi connectivity index (χ0v) is 20.3. The fraction of sp³-hybridized carbons (Fsp3) is 0.385. The summed E-state index contributed by atoms with van der Waals surface area (Å²) in [6, 6.07) is 8.54. The van der Waals surface area contributed by atoms with Gasteiger partial charge in [-0.1, -0.05) is 30.3 Å². The summed E-state index contributed by atoms with van der Waals surface area (Å²) in [6.07, 6.45) is 0.144. The van der Waals surface area contributed by atoms with Crippen molar-refractivity contribution in [3.05, 3.63) is 70.5 Å². The van der Waals surface area contributed by atoms with Gasteiger partial charge in [0.25, 0.3) is 0 Å². The highest BCUT2D eigenvalue weighted by molar-refractivity contribution is 6.18. The lowest BCUT2D eigenvalue weighted by molar-refractivity contribution is -0.144. The van der Waals surface area contributed by atoms with Crippen LogP contribution >= 0.6 is 0 Å². The normalized spacial score (nSPS) is 15.6. The van der Waals surface area contributed by atoms with Crippen LogP contribution in [0.3, 0.4) is 0 Å². The number of halogens is 3. The highest BCUT2D eigenvalue weighted by atomic mass is 19.2. The molecule has 0 saturated heterocycles. The van der Waals surface area contributed by atoms with E-state index >= 15 is 13.2 Å². The molecule has 37 heavy (non-hydrogen) atoms. The smallest absolute Gasteiger partial charge is 0.408 e. The second-order valence-corrected chi connectivity index (χ2v) is 8.60. The van der Waals surface area contributed by atoms with Crippen LogP contribution in [0.5, 0.6) is 0 Å². The number of hydrogen-bond acceptors (Lipinski definition) is 7. The summed E-state index contributed by atoms with van der Waals surface area (Å²) >= 11 is 0. The van der Waals surface area contributed by atoms with E-state index in [4.69, 9.17) is 14.6 Å². The molecule has 1 fully saturated rings. The molecule has 2 aromatic carbocycles. The first kappa shape index (κ1) is 27.9. The number of nitrogens with zero attached hydrogens (tertiary/aromatic N) is 1. The molecule has 3 rings (SSSR count). The predicted octanol–water partition coefficient (Wildman–Crippen LogP) is 3.83. The Morgan fingerprint density at radius 3 is 2.41 bits per heavy atom. The molecular weight excluding hydrogens is 493 g/mol. The first-order chi connectivity index (χ1) is 17.6. The van der Waals surface area contributed by atoms with Crippen molar-refractivity contribution >= 4 is 24.1 Å². The Bertz CT molecular complexity index is 1180. The highest BCUT2D eigenvalue weighted by Gasteiger charge is 2.51. The summed E-state index contributed by atoms with van der Waals surface area (Å²) in [6.45, 7) is 2.39. The molecule has 2 unspecified atom stereocenters. The maximum Gasteiger partial charge on any atom is 0.408 e. The van der Waals surface area contributed by atoms with Crippen LogP contribution in [-0.2, 0) is 26.4 Å². The maximum absolute atomic E-state index is 15.2. The Morgan fingerprint density at radius 2 is 1.81 bits per heavy atom. The lowest BCUT2D eigenvalue weighted by Crippen LogP contribution is -2.37. The molecule has 8 nitrogen and oxygen atoms in total. The van der Waals surface area contributed by atoms with Crippen molar-refractivity contribution in [2.45, 2.75) is 44.9 Å².